The van der Waals surface area contributed by atoms with Gasteiger partial charge in [-0.15, -0.1) is 0 Å². The van der Waals surface area contributed by atoms with Crippen LogP contribution in [0, 0.1) is 12.7 Å². The fraction of sp³-hybridized carbons (Fsp3) is 0.375. The second-order valence-corrected chi connectivity index (χ2v) is 4.81. The minimum absolute atomic E-state index is 0.251. The van der Waals surface area contributed by atoms with Crippen LogP contribution in [-0.2, 0) is 14.3 Å². The molecule has 120 valence electrons. The molecule has 0 amide bonds. The number of unbranched alkanes of at least 4 members (excludes halogenated alkanes) is 1. The summed E-state index contributed by atoms with van der Waals surface area (Å²) in [6, 6.07) is 4.62. The Hall–Kier alpha value is -2.21. The summed E-state index contributed by atoms with van der Waals surface area (Å²) in [5.74, 6) is -1.80. The van der Waals surface area contributed by atoms with Gasteiger partial charge >= 0.3 is 5.97 Å². The van der Waals surface area contributed by atoms with Crippen LogP contribution in [-0.4, -0.2) is 37.6 Å². The summed E-state index contributed by atoms with van der Waals surface area (Å²) < 4.78 is 19.1. The number of para-hydroxylation sites is 1. The van der Waals surface area contributed by atoms with E-state index in [0.29, 0.717) is 25.1 Å². The van der Waals surface area contributed by atoms with E-state index in [9.17, 15) is 14.0 Å². The maximum atomic E-state index is 14.1. The van der Waals surface area contributed by atoms with Crippen LogP contribution in [0.3, 0.4) is 0 Å². The molecule has 6 heteroatoms. The van der Waals surface area contributed by atoms with Gasteiger partial charge in [-0.3, -0.25) is 4.79 Å². The van der Waals surface area contributed by atoms with Crippen LogP contribution >= 0.6 is 0 Å². The summed E-state index contributed by atoms with van der Waals surface area (Å²) in [5.41, 5.74) is 0.522. The van der Waals surface area contributed by atoms with Crippen LogP contribution in [0.15, 0.2) is 30.0 Å². The number of carboxylic acid groups (broad SMARTS) is 1. The van der Waals surface area contributed by atoms with Crippen LogP contribution in [0.4, 0.5) is 10.1 Å². The predicted octanol–water partition coefficient (Wildman–Crippen LogP) is 2.53. The molecule has 0 aromatic heterocycles. The van der Waals surface area contributed by atoms with Gasteiger partial charge in [-0.05, 0) is 31.4 Å². The smallest absolute Gasteiger partial charge is 0.340 e. The summed E-state index contributed by atoms with van der Waals surface area (Å²) in [6.45, 7) is 2.68. The molecule has 0 spiro atoms. The third-order valence-corrected chi connectivity index (χ3v) is 3.14. The monoisotopic (exact) mass is 309 g/mol. The van der Waals surface area contributed by atoms with Gasteiger partial charge in [0, 0.05) is 26.5 Å². The number of hydrogen-bond donors (Lipinski definition) is 1. The Morgan fingerprint density at radius 1 is 1.41 bits per heavy atom. The van der Waals surface area contributed by atoms with Crippen molar-refractivity contribution in [3.8, 4) is 0 Å². The lowest BCUT2D eigenvalue weighted by atomic mass is 10.1. The lowest BCUT2D eigenvalue weighted by Crippen LogP contribution is -2.22. The first-order chi connectivity index (χ1) is 10.5. The third kappa shape index (κ3) is 4.96. The topological polar surface area (TPSA) is 66.8 Å². The molecule has 0 aliphatic heterocycles. The number of benzene rings is 1. The van der Waals surface area contributed by atoms with E-state index < -0.39 is 17.4 Å². The number of nitrogens with zero attached hydrogens (tertiary/aromatic N) is 1. The SMILES string of the molecule is COCCCCN(/C=C(\C=O)C(=O)O)c1c(C)cccc1F. The van der Waals surface area contributed by atoms with Crippen molar-refractivity contribution in [1.82, 2.24) is 0 Å². The number of rotatable bonds is 9. The molecule has 1 rings (SSSR count). The van der Waals surface area contributed by atoms with Gasteiger partial charge in [-0.25, -0.2) is 9.18 Å². The van der Waals surface area contributed by atoms with Crippen molar-refractivity contribution in [2.75, 3.05) is 25.2 Å². The number of aliphatic carboxylic acids is 1. The molecule has 22 heavy (non-hydrogen) atoms. The van der Waals surface area contributed by atoms with Crippen LogP contribution in [0.1, 0.15) is 18.4 Å². The van der Waals surface area contributed by atoms with Crippen LogP contribution in [0.2, 0.25) is 0 Å². The van der Waals surface area contributed by atoms with Crippen molar-refractivity contribution in [3.05, 3.63) is 41.4 Å². The van der Waals surface area contributed by atoms with Gasteiger partial charge in [-0.2, -0.15) is 0 Å². The van der Waals surface area contributed by atoms with Gasteiger partial charge in [-0.1, -0.05) is 12.1 Å². The summed E-state index contributed by atoms with van der Waals surface area (Å²) in [7, 11) is 1.59. The Balaban J connectivity index is 3.10. The minimum atomic E-state index is -1.34. The maximum Gasteiger partial charge on any atom is 0.340 e. The number of methoxy groups -OCH3 is 1. The average Bonchev–Trinajstić information content (AvgIpc) is 2.47. The van der Waals surface area contributed by atoms with Gasteiger partial charge < -0.3 is 14.7 Å². The molecule has 1 aromatic rings. The Morgan fingerprint density at radius 2 is 2.14 bits per heavy atom. The molecule has 0 atom stereocenters. The first-order valence-corrected chi connectivity index (χ1v) is 6.92. The molecule has 0 fully saturated rings. The fourth-order valence-electron chi connectivity index (χ4n) is 2.06. The predicted molar refractivity (Wildman–Crippen MR) is 81.4 cm³/mol. The molecule has 0 radical (unpaired) electrons. The zero-order valence-electron chi connectivity index (χ0n) is 12.7. The van der Waals surface area contributed by atoms with E-state index >= 15 is 0 Å². The second kappa shape index (κ2) is 8.94. The van der Waals surface area contributed by atoms with Crippen molar-refractivity contribution >= 4 is 17.9 Å². The molecule has 0 saturated heterocycles. The molecular formula is C16H20FNO4. The highest BCUT2D eigenvalue weighted by molar-refractivity contribution is 6.06. The third-order valence-electron chi connectivity index (χ3n) is 3.14. The maximum absolute atomic E-state index is 14.1. The average molecular weight is 309 g/mol. The first-order valence-electron chi connectivity index (χ1n) is 6.92. The van der Waals surface area contributed by atoms with E-state index in [1.165, 1.54) is 17.2 Å². The normalized spacial score (nSPS) is 11.3. The zero-order valence-corrected chi connectivity index (χ0v) is 12.7. The highest BCUT2D eigenvalue weighted by atomic mass is 19.1. The van der Waals surface area contributed by atoms with E-state index in [4.69, 9.17) is 9.84 Å². The number of anilines is 1. The fourth-order valence-corrected chi connectivity index (χ4v) is 2.06. The summed E-state index contributed by atoms with van der Waals surface area (Å²) in [4.78, 5) is 23.3. The largest absolute Gasteiger partial charge is 0.478 e. The standard InChI is InChI=1S/C16H20FNO4/c1-12-6-5-7-14(17)15(12)18(8-3-4-9-22-2)10-13(11-19)16(20)21/h5-7,10-11H,3-4,8-9H2,1-2H3,(H,20,21)/b13-10+. The van der Waals surface area contributed by atoms with Crippen LogP contribution in [0.25, 0.3) is 0 Å². The number of aryl methyl sites for hydroxylation is 1. The zero-order chi connectivity index (χ0) is 16.5. The molecule has 0 bridgehead atoms. The van der Waals surface area contributed by atoms with Gasteiger partial charge in [0.25, 0.3) is 0 Å². The molecule has 0 saturated carbocycles. The van der Waals surface area contributed by atoms with Crippen molar-refractivity contribution in [2.24, 2.45) is 0 Å². The summed E-state index contributed by atoms with van der Waals surface area (Å²) in [6.07, 6.45) is 2.84. The second-order valence-electron chi connectivity index (χ2n) is 4.81. The van der Waals surface area contributed by atoms with Gasteiger partial charge in [0.05, 0.1) is 5.69 Å². The Kier molecular flexibility index (Phi) is 7.25. The Labute approximate surface area is 129 Å². The summed E-state index contributed by atoms with van der Waals surface area (Å²) >= 11 is 0. The molecule has 0 heterocycles. The number of carbonyl (C=O) groups is 2. The molecule has 0 unspecified atom stereocenters. The lowest BCUT2D eigenvalue weighted by molar-refractivity contribution is -0.133. The number of aldehydes is 1. The number of hydrogen-bond acceptors (Lipinski definition) is 4. The molecule has 1 N–H and O–H groups in total. The van der Waals surface area contributed by atoms with E-state index in [1.807, 2.05) is 0 Å². The summed E-state index contributed by atoms with van der Waals surface area (Å²) in [5, 5.41) is 8.98. The van der Waals surface area contributed by atoms with E-state index in [2.05, 4.69) is 0 Å². The molecule has 1 aromatic carbocycles. The van der Waals surface area contributed by atoms with Crippen molar-refractivity contribution in [3.63, 3.8) is 0 Å². The van der Waals surface area contributed by atoms with Crippen molar-refractivity contribution in [2.45, 2.75) is 19.8 Å². The highest BCUT2D eigenvalue weighted by Crippen LogP contribution is 2.25. The van der Waals surface area contributed by atoms with Crippen molar-refractivity contribution < 1.29 is 23.8 Å². The van der Waals surface area contributed by atoms with Crippen LogP contribution < -0.4 is 4.90 Å². The Morgan fingerprint density at radius 3 is 2.68 bits per heavy atom. The molecule has 0 aliphatic carbocycles. The lowest BCUT2D eigenvalue weighted by Gasteiger charge is -2.23. The van der Waals surface area contributed by atoms with E-state index in [1.54, 1.807) is 26.2 Å². The van der Waals surface area contributed by atoms with Gasteiger partial charge in [0.15, 0.2) is 6.29 Å². The minimum Gasteiger partial charge on any atom is -0.478 e. The van der Waals surface area contributed by atoms with Gasteiger partial charge in [0.2, 0.25) is 0 Å². The van der Waals surface area contributed by atoms with Gasteiger partial charge in [0.1, 0.15) is 11.4 Å². The number of carboxylic acids is 1. The number of ether oxygens (including phenoxy) is 1. The number of halogens is 1. The van der Waals surface area contributed by atoms with E-state index in [-0.39, 0.29) is 12.0 Å². The first kappa shape index (κ1) is 17.8. The highest BCUT2D eigenvalue weighted by Gasteiger charge is 2.15. The Bertz CT molecular complexity index is 537. The molecule has 5 nitrogen and oxygen atoms in total. The molecule has 0 aliphatic rings. The quantitative estimate of drug-likeness (QED) is 0.250. The van der Waals surface area contributed by atoms with Crippen molar-refractivity contribution in [1.29, 1.82) is 0 Å². The van der Waals surface area contributed by atoms with Crippen LogP contribution in [0.5, 0.6) is 0 Å². The number of carbonyl (C=O) groups excluding carboxylic acids is 1. The van der Waals surface area contributed by atoms with E-state index in [0.717, 1.165) is 6.42 Å². The molecular weight excluding hydrogens is 289 g/mol.